The first kappa shape index (κ1) is 62.1. The van der Waals surface area contributed by atoms with E-state index >= 15 is 0 Å². The van der Waals surface area contributed by atoms with Crippen molar-refractivity contribution in [2.75, 3.05) is 13.2 Å². The minimum Gasteiger partial charge on any atom is -0.466 e. The summed E-state index contributed by atoms with van der Waals surface area (Å²) in [6, 6.07) is -0.550. The fourth-order valence-electron chi connectivity index (χ4n) is 8.55. The third-order valence-electron chi connectivity index (χ3n) is 12.9. The van der Waals surface area contributed by atoms with E-state index in [4.69, 9.17) is 4.74 Å². The van der Waals surface area contributed by atoms with Gasteiger partial charge < -0.3 is 20.3 Å². The first-order chi connectivity index (χ1) is 31.5. The van der Waals surface area contributed by atoms with Crippen LogP contribution in [0, 0.1) is 0 Å². The lowest BCUT2D eigenvalue weighted by Gasteiger charge is -2.22. The van der Waals surface area contributed by atoms with Crippen molar-refractivity contribution in [2.24, 2.45) is 0 Å². The van der Waals surface area contributed by atoms with Gasteiger partial charge in [0.15, 0.2) is 0 Å². The van der Waals surface area contributed by atoms with Crippen molar-refractivity contribution in [3.63, 3.8) is 0 Å². The lowest BCUT2D eigenvalue weighted by molar-refractivity contribution is -0.143. The molecule has 0 aromatic rings. The number of rotatable bonds is 52. The molecule has 0 spiro atoms. The van der Waals surface area contributed by atoms with Crippen molar-refractivity contribution >= 4 is 11.9 Å². The Hall–Kier alpha value is -1.92. The van der Waals surface area contributed by atoms with E-state index in [2.05, 4.69) is 55.6 Å². The van der Waals surface area contributed by atoms with E-state index in [1.165, 1.54) is 199 Å². The van der Waals surface area contributed by atoms with Crippen molar-refractivity contribution in [3.05, 3.63) is 36.5 Å². The van der Waals surface area contributed by atoms with Gasteiger partial charge in [-0.05, 0) is 83.5 Å². The van der Waals surface area contributed by atoms with Crippen molar-refractivity contribution in [3.8, 4) is 0 Å². The van der Waals surface area contributed by atoms with Crippen LogP contribution in [-0.4, -0.2) is 47.4 Å². The molecule has 0 fully saturated rings. The first-order valence-corrected chi connectivity index (χ1v) is 28.2. The van der Waals surface area contributed by atoms with E-state index in [-0.39, 0.29) is 18.5 Å². The highest BCUT2D eigenvalue weighted by atomic mass is 16.5. The molecule has 64 heavy (non-hydrogen) atoms. The number of aliphatic hydroxyl groups is 2. The Bertz CT molecular complexity index is 1040. The largest absolute Gasteiger partial charge is 0.466 e. The highest BCUT2D eigenvalue weighted by Gasteiger charge is 2.20. The van der Waals surface area contributed by atoms with Crippen LogP contribution in [0.1, 0.15) is 296 Å². The maximum atomic E-state index is 12.4. The van der Waals surface area contributed by atoms with Gasteiger partial charge in [-0.2, -0.15) is 0 Å². The minimum absolute atomic E-state index is 0.00121. The summed E-state index contributed by atoms with van der Waals surface area (Å²) in [4.78, 5) is 24.5. The van der Waals surface area contributed by atoms with Crippen molar-refractivity contribution in [2.45, 2.75) is 309 Å². The third-order valence-corrected chi connectivity index (χ3v) is 12.9. The Balaban J connectivity index is 3.42. The molecule has 3 N–H and O–H groups in total. The van der Waals surface area contributed by atoms with Crippen LogP contribution in [0.25, 0.3) is 0 Å². The minimum atomic E-state index is -0.671. The van der Waals surface area contributed by atoms with Crippen LogP contribution in [0.2, 0.25) is 0 Å². The maximum Gasteiger partial charge on any atom is 0.305 e. The van der Waals surface area contributed by atoms with Crippen LogP contribution in [0.5, 0.6) is 0 Å². The molecule has 0 saturated heterocycles. The van der Waals surface area contributed by atoms with Gasteiger partial charge in [0, 0.05) is 12.8 Å². The van der Waals surface area contributed by atoms with Gasteiger partial charge in [0.05, 0.1) is 25.4 Å². The van der Waals surface area contributed by atoms with Crippen molar-refractivity contribution in [1.82, 2.24) is 5.32 Å². The average Bonchev–Trinajstić information content (AvgIpc) is 3.29. The number of unbranched alkanes of at least 4 members (excludes halogenated alkanes) is 35. The standard InChI is InChI=1S/C58H109NO5/c1-3-5-7-9-11-13-15-16-17-18-19-23-26-29-32-36-40-44-48-52-58(63)64-53-49-45-41-37-33-30-27-24-21-20-22-25-28-31-35-39-43-47-51-57(62)59-55(54-60)56(61)50-46-42-38-34-14-12-10-8-6-4-2/h11,13,16-17,22,25,55-56,60-61H,3-10,12,14-15,18-21,23-24,26-54H2,1-2H3,(H,59,62)/b13-11-,17-16-,25-22-. The number of ether oxygens (including phenoxy) is 1. The number of allylic oxidation sites excluding steroid dienone is 6. The second-order valence-electron chi connectivity index (χ2n) is 19.3. The molecule has 2 atom stereocenters. The monoisotopic (exact) mass is 900 g/mol. The molecular formula is C58H109NO5. The van der Waals surface area contributed by atoms with E-state index in [9.17, 15) is 19.8 Å². The Labute approximate surface area is 398 Å². The Morgan fingerprint density at radius 3 is 1.23 bits per heavy atom. The van der Waals surface area contributed by atoms with Gasteiger partial charge >= 0.3 is 5.97 Å². The summed E-state index contributed by atoms with van der Waals surface area (Å²) in [5.74, 6) is -0.0526. The normalized spacial score (nSPS) is 12.9. The molecular weight excluding hydrogens is 791 g/mol. The SMILES string of the molecule is CCCCC/C=C\C/C=C\CCCCCCCCCCCC(=O)OCCCCCCCCCCC/C=C\CCCCCCCC(=O)NC(CO)C(O)CCCCCCCCCCCC. The van der Waals surface area contributed by atoms with Crippen LogP contribution < -0.4 is 5.32 Å². The van der Waals surface area contributed by atoms with Crippen molar-refractivity contribution < 1.29 is 24.5 Å². The van der Waals surface area contributed by atoms with Gasteiger partial charge in [-0.3, -0.25) is 9.59 Å². The average molecular weight is 901 g/mol. The summed E-state index contributed by atoms with van der Waals surface area (Å²) in [5, 5.41) is 23.1. The van der Waals surface area contributed by atoms with E-state index in [1.807, 2.05) is 0 Å². The quantitative estimate of drug-likeness (QED) is 0.0321. The Kier molecular flexibility index (Phi) is 52.1. The molecule has 0 aromatic heterocycles. The number of amides is 1. The van der Waals surface area contributed by atoms with Crippen LogP contribution in [-0.2, 0) is 14.3 Å². The second kappa shape index (κ2) is 53.7. The van der Waals surface area contributed by atoms with E-state index in [0.717, 1.165) is 64.2 Å². The molecule has 0 rings (SSSR count). The number of hydrogen-bond donors (Lipinski definition) is 3. The molecule has 0 heterocycles. The van der Waals surface area contributed by atoms with Crippen LogP contribution in [0.3, 0.4) is 0 Å². The topological polar surface area (TPSA) is 95.9 Å². The summed E-state index contributed by atoms with van der Waals surface area (Å²) in [6.07, 6.45) is 65.6. The number of nitrogens with one attached hydrogen (secondary N) is 1. The number of esters is 1. The predicted octanol–water partition coefficient (Wildman–Crippen LogP) is 17.2. The highest BCUT2D eigenvalue weighted by molar-refractivity contribution is 5.76. The van der Waals surface area contributed by atoms with E-state index < -0.39 is 12.1 Å². The molecule has 2 unspecified atom stereocenters. The van der Waals surface area contributed by atoms with Crippen LogP contribution >= 0.6 is 0 Å². The molecule has 0 radical (unpaired) electrons. The van der Waals surface area contributed by atoms with Gasteiger partial charge in [0.2, 0.25) is 5.91 Å². The molecule has 0 bridgehead atoms. The smallest absolute Gasteiger partial charge is 0.305 e. The summed E-state index contributed by atoms with van der Waals surface area (Å²) >= 11 is 0. The lowest BCUT2D eigenvalue weighted by Crippen LogP contribution is -2.45. The molecule has 6 nitrogen and oxygen atoms in total. The number of carbonyl (C=O) groups is 2. The summed E-state index contributed by atoms with van der Waals surface area (Å²) in [7, 11) is 0. The number of carbonyl (C=O) groups excluding carboxylic acids is 2. The van der Waals surface area contributed by atoms with E-state index in [1.54, 1.807) is 0 Å². The Morgan fingerprint density at radius 2 is 0.781 bits per heavy atom. The molecule has 0 aromatic carbocycles. The zero-order valence-corrected chi connectivity index (χ0v) is 42.8. The van der Waals surface area contributed by atoms with Crippen LogP contribution in [0.4, 0.5) is 0 Å². The number of hydrogen-bond acceptors (Lipinski definition) is 5. The van der Waals surface area contributed by atoms with Gasteiger partial charge in [0.25, 0.3) is 0 Å². The molecule has 6 heteroatoms. The zero-order valence-electron chi connectivity index (χ0n) is 42.8. The van der Waals surface area contributed by atoms with Gasteiger partial charge in [0.1, 0.15) is 0 Å². The van der Waals surface area contributed by atoms with E-state index in [0.29, 0.717) is 25.9 Å². The zero-order chi connectivity index (χ0) is 46.5. The fraction of sp³-hybridized carbons (Fsp3) is 0.862. The van der Waals surface area contributed by atoms with Gasteiger partial charge in [-0.15, -0.1) is 0 Å². The van der Waals surface area contributed by atoms with Crippen LogP contribution in [0.15, 0.2) is 36.5 Å². The maximum absolute atomic E-state index is 12.4. The van der Waals surface area contributed by atoms with Crippen molar-refractivity contribution in [1.29, 1.82) is 0 Å². The molecule has 1 amide bonds. The molecule has 0 saturated carbocycles. The fourth-order valence-corrected chi connectivity index (χ4v) is 8.55. The molecule has 376 valence electrons. The lowest BCUT2D eigenvalue weighted by atomic mass is 10.0. The second-order valence-corrected chi connectivity index (χ2v) is 19.3. The highest BCUT2D eigenvalue weighted by Crippen LogP contribution is 2.16. The van der Waals surface area contributed by atoms with Gasteiger partial charge in [-0.1, -0.05) is 237 Å². The molecule has 0 aliphatic heterocycles. The summed E-state index contributed by atoms with van der Waals surface area (Å²) in [6.45, 7) is 4.90. The molecule has 0 aliphatic carbocycles. The van der Waals surface area contributed by atoms with Gasteiger partial charge in [-0.25, -0.2) is 0 Å². The third kappa shape index (κ3) is 49.5. The number of aliphatic hydroxyl groups excluding tert-OH is 2. The molecule has 0 aliphatic rings. The Morgan fingerprint density at radius 1 is 0.438 bits per heavy atom. The summed E-state index contributed by atoms with van der Waals surface area (Å²) in [5.41, 5.74) is 0. The summed E-state index contributed by atoms with van der Waals surface area (Å²) < 4.78 is 5.48. The predicted molar refractivity (Wildman–Crippen MR) is 278 cm³/mol. The first-order valence-electron chi connectivity index (χ1n) is 28.2.